The van der Waals surface area contributed by atoms with Crippen LogP contribution in [0.3, 0.4) is 0 Å². The van der Waals surface area contributed by atoms with E-state index in [2.05, 4.69) is 5.32 Å². The molecular weight excluding hydrogens is 567 g/mol. The Kier molecular flexibility index (Phi) is 8.66. The van der Waals surface area contributed by atoms with Gasteiger partial charge in [0.2, 0.25) is 5.91 Å². The Hall–Kier alpha value is -3.58. The molecule has 0 aromatic heterocycles. The highest BCUT2D eigenvalue weighted by Crippen LogP contribution is 2.44. The van der Waals surface area contributed by atoms with Crippen molar-refractivity contribution in [2.24, 2.45) is 0 Å². The maximum absolute atomic E-state index is 14.1. The molecule has 2 aromatic rings. The molecule has 1 spiro atoms. The monoisotopic (exact) mass is 598 g/mol. The van der Waals surface area contributed by atoms with Gasteiger partial charge < -0.3 is 19.9 Å². The minimum Gasteiger partial charge on any atom is -0.479 e. The van der Waals surface area contributed by atoms with Crippen LogP contribution >= 0.6 is 0 Å². The first-order chi connectivity index (χ1) is 19.6. The number of hydrogen-bond acceptors (Lipinski definition) is 6. The highest BCUT2D eigenvalue weighted by atomic mass is 19.4. The fourth-order valence-corrected chi connectivity index (χ4v) is 5.55. The lowest BCUT2D eigenvalue weighted by Crippen LogP contribution is -2.64. The number of piperidine rings is 1. The van der Waals surface area contributed by atoms with E-state index in [1.54, 1.807) is 18.2 Å². The fourth-order valence-electron chi connectivity index (χ4n) is 5.55. The zero-order valence-electron chi connectivity index (χ0n) is 23.0. The van der Waals surface area contributed by atoms with Crippen LogP contribution in [-0.2, 0) is 36.7 Å². The molecule has 0 bridgehead atoms. The number of nitrogens with zero attached hydrogens (tertiary/aromatic N) is 1. The summed E-state index contributed by atoms with van der Waals surface area (Å²) in [5.74, 6) is -5.36. The summed E-state index contributed by atoms with van der Waals surface area (Å²) in [6, 6.07) is 11.3. The number of carboxylic acids is 1. The Morgan fingerprint density at radius 3 is 2.29 bits per heavy atom. The Balaban J connectivity index is 1.58. The van der Waals surface area contributed by atoms with Crippen LogP contribution in [0.15, 0.2) is 48.5 Å². The SMILES string of the molecule is C[C@@H](OC[C@@]1(c2ccccc2)CC[C@]2(CCC(=O)N2C(=O)OCC(=O)O)CN1)c1cc(C(C)(F)F)cc(C(F)(F)F)c1. The molecule has 2 aliphatic rings. The van der Waals surface area contributed by atoms with Gasteiger partial charge in [-0.3, -0.25) is 4.79 Å². The molecular formula is C29H31F5N2O6. The largest absolute Gasteiger partial charge is 0.479 e. The predicted molar refractivity (Wildman–Crippen MR) is 139 cm³/mol. The molecule has 2 aromatic carbocycles. The van der Waals surface area contributed by atoms with Gasteiger partial charge in [0.1, 0.15) is 0 Å². The Morgan fingerprint density at radius 2 is 1.71 bits per heavy atom. The summed E-state index contributed by atoms with van der Waals surface area (Å²) in [6.45, 7) is 1.15. The maximum atomic E-state index is 14.1. The van der Waals surface area contributed by atoms with Crippen LogP contribution in [0, 0.1) is 0 Å². The van der Waals surface area contributed by atoms with E-state index in [9.17, 15) is 36.3 Å². The lowest BCUT2D eigenvalue weighted by atomic mass is 9.75. The van der Waals surface area contributed by atoms with Crippen LogP contribution in [0.4, 0.5) is 26.7 Å². The Labute approximate surface area is 238 Å². The first-order valence-electron chi connectivity index (χ1n) is 13.3. The number of aliphatic carboxylic acids is 1. The number of amides is 2. The number of hydrogen-bond donors (Lipinski definition) is 2. The second-order valence-electron chi connectivity index (χ2n) is 10.9. The smallest absolute Gasteiger partial charge is 0.417 e. The number of likely N-dealkylation sites (tertiary alicyclic amines) is 1. The van der Waals surface area contributed by atoms with Crippen molar-refractivity contribution in [1.82, 2.24) is 10.2 Å². The molecule has 0 radical (unpaired) electrons. The van der Waals surface area contributed by atoms with Gasteiger partial charge in [-0.15, -0.1) is 0 Å². The third kappa shape index (κ3) is 6.57. The Morgan fingerprint density at radius 1 is 1.05 bits per heavy atom. The number of carbonyl (C=O) groups excluding carboxylic acids is 2. The molecule has 228 valence electrons. The van der Waals surface area contributed by atoms with Gasteiger partial charge in [0.15, 0.2) is 6.61 Å². The average molecular weight is 599 g/mol. The van der Waals surface area contributed by atoms with Crippen molar-refractivity contribution in [3.63, 3.8) is 0 Å². The average Bonchev–Trinajstić information content (AvgIpc) is 3.26. The summed E-state index contributed by atoms with van der Waals surface area (Å²) < 4.78 is 79.6. The maximum Gasteiger partial charge on any atom is 0.417 e. The van der Waals surface area contributed by atoms with Gasteiger partial charge in [0.25, 0.3) is 5.92 Å². The molecule has 2 amide bonds. The molecule has 0 aliphatic carbocycles. The first kappa shape index (κ1) is 31.4. The molecule has 2 N–H and O–H groups in total. The Bertz CT molecular complexity index is 1290. The van der Waals surface area contributed by atoms with Crippen molar-refractivity contribution < 1.29 is 50.9 Å². The lowest BCUT2D eigenvalue weighted by Gasteiger charge is -2.48. The van der Waals surface area contributed by atoms with Gasteiger partial charge in [-0.25, -0.2) is 23.3 Å². The number of carboxylic acid groups (broad SMARTS) is 1. The number of alkyl halides is 5. The molecule has 42 heavy (non-hydrogen) atoms. The van der Waals surface area contributed by atoms with Crippen molar-refractivity contribution in [3.05, 3.63) is 70.8 Å². The van der Waals surface area contributed by atoms with Gasteiger partial charge >= 0.3 is 18.2 Å². The molecule has 2 fully saturated rings. The van der Waals surface area contributed by atoms with Crippen LogP contribution in [0.5, 0.6) is 0 Å². The summed E-state index contributed by atoms with van der Waals surface area (Å²) in [7, 11) is 0. The summed E-state index contributed by atoms with van der Waals surface area (Å²) in [5.41, 5.74) is -3.14. The lowest BCUT2D eigenvalue weighted by molar-refractivity contribution is -0.142. The van der Waals surface area contributed by atoms with E-state index in [4.69, 9.17) is 14.6 Å². The molecule has 4 rings (SSSR count). The summed E-state index contributed by atoms with van der Waals surface area (Å²) >= 11 is 0. The highest BCUT2D eigenvalue weighted by molar-refractivity contribution is 5.95. The van der Waals surface area contributed by atoms with Crippen LogP contribution < -0.4 is 5.32 Å². The predicted octanol–water partition coefficient (Wildman–Crippen LogP) is 5.76. The number of imide groups is 1. The number of nitrogens with one attached hydrogen (secondary N) is 1. The third-order valence-electron chi connectivity index (χ3n) is 7.97. The zero-order valence-corrected chi connectivity index (χ0v) is 23.0. The van der Waals surface area contributed by atoms with E-state index in [1.807, 2.05) is 12.1 Å². The number of halogens is 5. The minimum absolute atomic E-state index is 0.0643. The first-order valence-corrected chi connectivity index (χ1v) is 13.3. The van der Waals surface area contributed by atoms with Crippen molar-refractivity contribution >= 4 is 18.0 Å². The number of rotatable bonds is 8. The van der Waals surface area contributed by atoms with E-state index in [0.29, 0.717) is 32.3 Å². The van der Waals surface area contributed by atoms with Crippen LogP contribution in [0.1, 0.15) is 67.9 Å². The van der Waals surface area contributed by atoms with Gasteiger partial charge in [-0.1, -0.05) is 30.3 Å². The van der Waals surface area contributed by atoms with Crippen molar-refractivity contribution in [3.8, 4) is 0 Å². The van der Waals surface area contributed by atoms with Crippen LogP contribution in [-0.4, -0.2) is 53.3 Å². The van der Waals surface area contributed by atoms with Gasteiger partial charge in [0, 0.05) is 25.5 Å². The molecule has 0 unspecified atom stereocenters. The summed E-state index contributed by atoms with van der Waals surface area (Å²) in [5, 5.41) is 12.3. The second-order valence-corrected chi connectivity index (χ2v) is 10.9. The summed E-state index contributed by atoms with van der Waals surface area (Å²) in [6.07, 6.45) is -5.88. The van der Waals surface area contributed by atoms with Gasteiger partial charge in [-0.05, 0) is 55.5 Å². The van der Waals surface area contributed by atoms with Crippen molar-refractivity contribution in [1.29, 1.82) is 0 Å². The van der Waals surface area contributed by atoms with E-state index in [-0.39, 0.29) is 25.1 Å². The number of ether oxygens (including phenoxy) is 2. The van der Waals surface area contributed by atoms with Gasteiger partial charge in [-0.2, -0.15) is 13.2 Å². The quantitative estimate of drug-likeness (QED) is 0.373. The fraction of sp³-hybridized carbons (Fsp3) is 0.483. The molecule has 0 saturated carbocycles. The van der Waals surface area contributed by atoms with Crippen molar-refractivity contribution in [2.45, 2.75) is 68.8 Å². The standard InChI is InChI=1S/C29H31F5N2O6/c1-18(19-12-21(26(2,30)31)14-22(13-19)29(32,33)34)42-17-28(20-6-4-3-5-7-20)11-10-27(16-35-28)9-8-23(37)36(27)25(40)41-15-24(38)39/h3-7,12-14,18,35H,8-11,15-17H2,1-2H3,(H,38,39)/t18-,27-,28-/m1/s1. The topological polar surface area (TPSA) is 105 Å². The second kappa shape index (κ2) is 11.6. The van der Waals surface area contributed by atoms with Gasteiger partial charge in [0.05, 0.1) is 29.4 Å². The van der Waals surface area contributed by atoms with E-state index >= 15 is 0 Å². The van der Waals surface area contributed by atoms with E-state index in [1.165, 1.54) is 6.92 Å². The molecule has 3 atom stereocenters. The summed E-state index contributed by atoms with van der Waals surface area (Å²) in [4.78, 5) is 37.1. The highest BCUT2D eigenvalue weighted by Gasteiger charge is 2.54. The number of carbonyl (C=O) groups is 3. The molecule has 2 saturated heterocycles. The third-order valence-corrected chi connectivity index (χ3v) is 7.97. The van der Waals surface area contributed by atoms with Crippen molar-refractivity contribution in [2.75, 3.05) is 19.8 Å². The molecule has 13 heteroatoms. The molecule has 2 aliphatic heterocycles. The van der Waals surface area contributed by atoms with Crippen LogP contribution in [0.25, 0.3) is 0 Å². The normalized spacial score (nSPS) is 23.7. The zero-order chi connectivity index (χ0) is 30.9. The molecule has 2 heterocycles. The number of benzene rings is 2. The minimum atomic E-state index is -4.84. The van der Waals surface area contributed by atoms with Crippen LogP contribution in [0.2, 0.25) is 0 Å². The van der Waals surface area contributed by atoms with E-state index < -0.39 is 65.0 Å². The van der Waals surface area contributed by atoms with E-state index in [0.717, 1.165) is 22.6 Å². The molecule has 8 nitrogen and oxygen atoms in total.